The number of para-hydroxylation sites is 1. The monoisotopic (exact) mass is 456 g/mol. The maximum atomic E-state index is 14.1. The van der Waals surface area contributed by atoms with Gasteiger partial charge in [0.2, 0.25) is 0 Å². The van der Waals surface area contributed by atoms with E-state index >= 15 is 0 Å². The van der Waals surface area contributed by atoms with Crippen LogP contribution in [0.5, 0.6) is 5.75 Å². The maximum absolute atomic E-state index is 14.1. The summed E-state index contributed by atoms with van der Waals surface area (Å²) in [5.41, 5.74) is 2.08. The number of halogens is 1. The van der Waals surface area contributed by atoms with Crippen molar-refractivity contribution in [2.45, 2.75) is 6.92 Å². The molecule has 1 amide bonds. The Morgan fingerprint density at radius 3 is 2.50 bits per heavy atom. The van der Waals surface area contributed by atoms with Crippen LogP contribution in [0.15, 0.2) is 71.5 Å². The van der Waals surface area contributed by atoms with Crippen molar-refractivity contribution in [2.75, 3.05) is 12.4 Å². The van der Waals surface area contributed by atoms with Crippen molar-refractivity contribution < 1.29 is 13.9 Å². The summed E-state index contributed by atoms with van der Waals surface area (Å²) in [6.07, 6.45) is 0. The highest BCUT2D eigenvalue weighted by Crippen LogP contribution is 2.29. The van der Waals surface area contributed by atoms with E-state index in [9.17, 15) is 14.0 Å². The van der Waals surface area contributed by atoms with Crippen molar-refractivity contribution in [1.29, 1.82) is 0 Å². The second-order valence-electron chi connectivity index (χ2n) is 7.98. The van der Waals surface area contributed by atoms with E-state index in [0.717, 1.165) is 10.9 Å². The molecule has 0 bridgehead atoms. The van der Waals surface area contributed by atoms with Crippen LogP contribution < -0.4 is 15.6 Å². The Morgan fingerprint density at radius 2 is 1.79 bits per heavy atom. The normalized spacial score (nSPS) is 11.2. The largest absolute Gasteiger partial charge is 0.497 e. The highest BCUT2D eigenvalue weighted by molar-refractivity contribution is 6.19. The fourth-order valence-electron chi connectivity index (χ4n) is 4.10. The standard InChI is InChI=1S/C26H21FN4O3/c1-15-8-9-16(14-20(15)27)28-25(32)23-22-19-6-4-5-7-21(19)30(2)24(22)26(33)31(29-23)17-10-12-18(34-3)13-11-17/h4-14H,1-3H3,(H,28,32). The lowest BCUT2D eigenvalue weighted by Crippen LogP contribution is -2.27. The van der Waals surface area contributed by atoms with Crippen molar-refractivity contribution >= 4 is 33.4 Å². The summed E-state index contributed by atoms with van der Waals surface area (Å²) in [5.74, 6) is -0.349. The third-order valence-electron chi connectivity index (χ3n) is 5.90. The lowest BCUT2D eigenvalue weighted by Gasteiger charge is -2.11. The lowest BCUT2D eigenvalue weighted by molar-refractivity contribution is 0.102. The fraction of sp³-hybridized carbons (Fsp3) is 0.115. The predicted molar refractivity (Wildman–Crippen MR) is 129 cm³/mol. The molecule has 0 aliphatic carbocycles. The minimum atomic E-state index is -0.549. The summed E-state index contributed by atoms with van der Waals surface area (Å²) in [5, 5.41) is 8.36. The average Bonchev–Trinajstić information content (AvgIpc) is 3.15. The summed E-state index contributed by atoms with van der Waals surface area (Å²) in [6, 6.07) is 18.7. The van der Waals surface area contributed by atoms with Crippen LogP contribution >= 0.6 is 0 Å². The highest BCUT2D eigenvalue weighted by atomic mass is 19.1. The van der Waals surface area contributed by atoms with Crippen LogP contribution in [-0.2, 0) is 7.05 Å². The van der Waals surface area contributed by atoms with E-state index < -0.39 is 11.7 Å². The summed E-state index contributed by atoms with van der Waals surface area (Å²) in [6.45, 7) is 1.65. The van der Waals surface area contributed by atoms with E-state index in [1.165, 1.54) is 10.7 Å². The maximum Gasteiger partial charge on any atom is 0.296 e. The molecule has 8 heteroatoms. The van der Waals surface area contributed by atoms with Gasteiger partial charge in [0.15, 0.2) is 5.69 Å². The van der Waals surface area contributed by atoms with Gasteiger partial charge >= 0.3 is 0 Å². The van der Waals surface area contributed by atoms with Gasteiger partial charge in [-0.05, 0) is 55.0 Å². The Balaban J connectivity index is 1.76. The third kappa shape index (κ3) is 3.40. The Hall–Kier alpha value is -4.46. The molecule has 34 heavy (non-hydrogen) atoms. The number of hydrogen-bond donors (Lipinski definition) is 1. The van der Waals surface area contributed by atoms with Gasteiger partial charge in [-0.3, -0.25) is 9.59 Å². The zero-order valence-corrected chi connectivity index (χ0v) is 18.8. The number of methoxy groups -OCH3 is 1. The van der Waals surface area contributed by atoms with Gasteiger partial charge in [0.1, 0.15) is 17.1 Å². The zero-order valence-electron chi connectivity index (χ0n) is 18.8. The summed E-state index contributed by atoms with van der Waals surface area (Å²) >= 11 is 0. The van der Waals surface area contributed by atoms with Crippen LogP contribution in [0.25, 0.3) is 27.5 Å². The number of nitrogens with one attached hydrogen (secondary N) is 1. The molecule has 0 unspecified atom stereocenters. The Kier molecular flexibility index (Phi) is 5.13. The quantitative estimate of drug-likeness (QED) is 0.429. The van der Waals surface area contributed by atoms with Gasteiger partial charge in [0, 0.05) is 29.0 Å². The van der Waals surface area contributed by atoms with Crippen LogP contribution in [-0.4, -0.2) is 27.4 Å². The second-order valence-corrected chi connectivity index (χ2v) is 7.98. The SMILES string of the molecule is COc1ccc(-n2nc(C(=O)Nc3ccc(C)c(F)c3)c3c4ccccc4n(C)c3c2=O)cc1. The van der Waals surface area contributed by atoms with Crippen molar-refractivity contribution in [3.05, 3.63) is 94.2 Å². The topological polar surface area (TPSA) is 78.2 Å². The first-order chi connectivity index (χ1) is 16.4. The number of nitrogens with zero attached hydrogens (tertiary/aromatic N) is 3. The number of aryl methyl sites for hydroxylation is 2. The first-order valence-electron chi connectivity index (χ1n) is 10.6. The molecular weight excluding hydrogens is 435 g/mol. The predicted octanol–water partition coefficient (Wildman–Crippen LogP) is 4.59. The molecule has 0 aliphatic rings. The van der Waals surface area contributed by atoms with Crippen molar-refractivity contribution in [1.82, 2.24) is 14.3 Å². The molecule has 7 nitrogen and oxygen atoms in total. The summed E-state index contributed by atoms with van der Waals surface area (Å²) in [7, 11) is 3.33. The molecular formula is C26H21FN4O3. The number of anilines is 1. The average molecular weight is 456 g/mol. The van der Waals surface area contributed by atoms with Gasteiger partial charge < -0.3 is 14.6 Å². The molecule has 0 fully saturated rings. The number of aromatic nitrogens is 3. The minimum absolute atomic E-state index is 0.0585. The first kappa shape index (κ1) is 21.4. The van der Waals surface area contributed by atoms with E-state index in [1.54, 1.807) is 62.0 Å². The number of amides is 1. The van der Waals surface area contributed by atoms with Gasteiger partial charge in [-0.2, -0.15) is 9.78 Å². The van der Waals surface area contributed by atoms with Gasteiger partial charge in [-0.15, -0.1) is 0 Å². The number of fused-ring (bicyclic) bond motifs is 3. The number of hydrogen-bond acceptors (Lipinski definition) is 4. The zero-order chi connectivity index (χ0) is 24.0. The third-order valence-corrected chi connectivity index (χ3v) is 5.90. The molecule has 170 valence electrons. The molecule has 2 aromatic heterocycles. The van der Waals surface area contributed by atoms with E-state index in [0.29, 0.717) is 33.6 Å². The Labute approximate surface area is 194 Å². The number of rotatable bonds is 4. The molecule has 0 atom stereocenters. The van der Waals surface area contributed by atoms with Crippen molar-refractivity contribution in [3.63, 3.8) is 0 Å². The molecule has 0 aliphatic heterocycles. The molecule has 0 spiro atoms. The Bertz CT molecular complexity index is 1630. The van der Waals surface area contributed by atoms with E-state index in [2.05, 4.69) is 10.4 Å². The number of ether oxygens (including phenoxy) is 1. The lowest BCUT2D eigenvalue weighted by atomic mass is 10.1. The summed E-state index contributed by atoms with van der Waals surface area (Å²) < 4.78 is 22.2. The Morgan fingerprint density at radius 1 is 1.06 bits per heavy atom. The van der Waals surface area contributed by atoms with Crippen LogP contribution in [0, 0.1) is 12.7 Å². The highest BCUT2D eigenvalue weighted by Gasteiger charge is 2.23. The van der Waals surface area contributed by atoms with E-state index in [4.69, 9.17) is 4.74 Å². The summed E-state index contributed by atoms with van der Waals surface area (Å²) in [4.78, 5) is 27.0. The molecule has 5 aromatic rings. The molecule has 2 heterocycles. The van der Waals surface area contributed by atoms with Crippen LogP contribution in [0.4, 0.5) is 10.1 Å². The molecule has 1 N–H and O–H groups in total. The van der Waals surface area contributed by atoms with Crippen LogP contribution in [0.3, 0.4) is 0 Å². The van der Waals surface area contributed by atoms with Crippen molar-refractivity contribution in [2.24, 2.45) is 7.05 Å². The molecule has 3 aromatic carbocycles. The van der Waals surface area contributed by atoms with E-state index in [1.807, 2.05) is 24.3 Å². The number of carbonyl (C=O) groups excluding carboxylic acids is 1. The number of carbonyl (C=O) groups is 1. The van der Waals surface area contributed by atoms with Gasteiger partial charge in [-0.25, -0.2) is 4.39 Å². The molecule has 0 radical (unpaired) electrons. The van der Waals surface area contributed by atoms with Gasteiger partial charge in [0.05, 0.1) is 12.8 Å². The smallest absolute Gasteiger partial charge is 0.296 e. The second kappa shape index (κ2) is 8.15. The molecule has 5 rings (SSSR count). The number of benzene rings is 3. The van der Waals surface area contributed by atoms with Crippen molar-refractivity contribution in [3.8, 4) is 11.4 Å². The fourth-order valence-corrected chi connectivity index (χ4v) is 4.10. The molecule has 0 saturated heterocycles. The van der Waals surface area contributed by atoms with Gasteiger partial charge in [0.25, 0.3) is 11.5 Å². The first-order valence-corrected chi connectivity index (χ1v) is 10.6. The minimum Gasteiger partial charge on any atom is -0.497 e. The van der Waals surface area contributed by atoms with Crippen LogP contribution in [0.2, 0.25) is 0 Å². The molecule has 0 saturated carbocycles. The van der Waals surface area contributed by atoms with Gasteiger partial charge in [-0.1, -0.05) is 24.3 Å². The van der Waals surface area contributed by atoms with E-state index in [-0.39, 0.29) is 11.3 Å². The van der Waals surface area contributed by atoms with Crippen LogP contribution in [0.1, 0.15) is 16.1 Å².